The van der Waals surface area contributed by atoms with Crippen LogP contribution in [0.1, 0.15) is 23.5 Å². The number of aromatic nitrogens is 2. The van der Waals surface area contributed by atoms with E-state index in [0.717, 1.165) is 25.9 Å². The van der Waals surface area contributed by atoms with Crippen LogP contribution in [0, 0.1) is 5.92 Å². The summed E-state index contributed by atoms with van der Waals surface area (Å²) in [6.45, 7) is 5.51. The fraction of sp³-hybridized carbons (Fsp3) is 0.333. The number of nitrogens with one attached hydrogen (secondary N) is 2. The van der Waals surface area contributed by atoms with Gasteiger partial charge < -0.3 is 10.3 Å². The van der Waals surface area contributed by atoms with Crippen molar-refractivity contribution < 1.29 is 4.79 Å². The van der Waals surface area contributed by atoms with Gasteiger partial charge in [-0.05, 0) is 30.0 Å². The lowest BCUT2D eigenvalue weighted by Crippen LogP contribution is -2.52. The fourth-order valence-electron chi connectivity index (χ4n) is 4.86. The molecule has 3 heterocycles. The molecule has 0 unspecified atom stereocenters. The minimum absolute atomic E-state index is 0.0501. The maximum atomic E-state index is 12.9. The molecular formula is C21H22N4OS. The van der Waals surface area contributed by atoms with E-state index < -0.39 is 0 Å². The van der Waals surface area contributed by atoms with Crippen molar-refractivity contribution in [1.82, 2.24) is 14.9 Å². The normalized spacial score (nSPS) is 24.5. The molecule has 1 amide bonds. The summed E-state index contributed by atoms with van der Waals surface area (Å²) in [6, 6.07) is 6.92. The number of carbonyl (C=O) groups excluding carboxylic acids is 1. The van der Waals surface area contributed by atoms with Crippen molar-refractivity contribution in [3.8, 4) is 0 Å². The summed E-state index contributed by atoms with van der Waals surface area (Å²) in [4.78, 5) is 23.0. The lowest BCUT2D eigenvalue weighted by atomic mass is 9.72. The minimum Gasteiger partial charge on any atom is -0.361 e. The van der Waals surface area contributed by atoms with Gasteiger partial charge in [0, 0.05) is 53.7 Å². The number of rotatable bonds is 4. The number of benzene rings is 1. The summed E-state index contributed by atoms with van der Waals surface area (Å²) in [6.07, 6.45) is 7.72. The zero-order chi connectivity index (χ0) is 18.4. The van der Waals surface area contributed by atoms with Crippen molar-refractivity contribution in [2.45, 2.75) is 24.8 Å². The molecule has 1 aliphatic carbocycles. The van der Waals surface area contributed by atoms with E-state index in [1.165, 1.54) is 33.4 Å². The van der Waals surface area contributed by atoms with E-state index in [1.54, 1.807) is 6.20 Å². The zero-order valence-corrected chi connectivity index (χ0v) is 15.8. The lowest BCUT2D eigenvalue weighted by molar-refractivity contribution is -0.122. The quantitative estimate of drug-likeness (QED) is 0.679. The van der Waals surface area contributed by atoms with Crippen molar-refractivity contribution in [3.63, 3.8) is 0 Å². The van der Waals surface area contributed by atoms with Crippen LogP contribution in [0.25, 0.3) is 10.9 Å². The maximum Gasteiger partial charge on any atom is 0.230 e. The first kappa shape index (κ1) is 16.7. The van der Waals surface area contributed by atoms with E-state index in [-0.39, 0.29) is 11.8 Å². The Kier molecular flexibility index (Phi) is 4.10. The second kappa shape index (κ2) is 6.62. The molecule has 0 radical (unpaired) electrons. The predicted octanol–water partition coefficient (Wildman–Crippen LogP) is 3.78. The van der Waals surface area contributed by atoms with Gasteiger partial charge in [0.2, 0.25) is 5.91 Å². The first-order valence-corrected chi connectivity index (χ1v) is 10.3. The van der Waals surface area contributed by atoms with Gasteiger partial charge in [0.1, 0.15) is 0 Å². The van der Waals surface area contributed by atoms with Crippen molar-refractivity contribution in [3.05, 3.63) is 59.8 Å². The molecule has 6 heteroatoms. The highest BCUT2D eigenvalue weighted by molar-refractivity contribution is 7.13. The Labute approximate surface area is 162 Å². The van der Waals surface area contributed by atoms with Crippen LogP contribution >= 0.6 is 11.3 Å². The SMILES string of the molecule is C=CCN1C[C@H](C(=O)Nc2nccs2)C[C@@H]2c3cccc4[nH]cc(c34)C[C@H]21. The largest absolute Gasteiger partial charge is 0.361 e. The van der Waals surface area contributed by atoms with Gasteiger partial charge in [-0.1, -0.05) is 18.2 Å². The van der Waals surface area contributed by atoms with Crippen LogP contribution in [-0.4, -0.2) is 39.9 Å². The maximum absolute atomic E-state index is 12.9. The van der Waals surface area contributed by atoms with Crippen molar-refractivity contribution >= 4 is 33.3 Å². The van der Waals surface area contributed by atoms with Gasteiger partial charge in [0.25, 0.3) is 0 Å². The zero-order valence-electron chi connectivity index (χ0n) is 15.0. The van der Waals surface area contributed by atoms with Gasteiger partial charge in [-0.15, -0.1) is 17.9 Å². The highest BCUT2D eigenvalue weighted by Gasteiger charge is 2.42. The molecule has 0 saturated carbocycles. The van der Waals surface area contributed by atoms with E-state index >= 15 is 0 Å². The summed E-state index contributed by atoms with van der Waals surface area (Å²) in [5, 5.41) is 6.92. The number of hydrogen-bond donors (Lipinski definition) is 2. The topological polar surface area (TPSA) is 61.0 Å². The van der Waals surface area contributed by atoms with Crippen molar-refractivity contribution in [2.24, 2.45) is 5.92 Å². The minimum atomic E-state index is -0.0501. The third-order valence-corrected chi connectivity index (χ3v) is 6.66. The average molecular weight is 379 g/mol. The highest BCUT2D eigenvalue weighted by atomic mass is 32.1. The number of H-pyrrole nitrogens is 1. The first-order valence-electron chi connectivity index (χ1n) is 9.38. The molecule has 0 spiro atoms. The summed E-state index contributed by atoms with van der Waals surface area (Å²) >= 11 is 1.46. The molecule has 3 atom stereocenters. The number of fused-ring (bicyclic) bond motifs is 2. The highest BCUT2D eigenvalue weighted by Crippen LogP contribution is 2.44. The molecule has 1 aromatic carbocycles. The van der Waals surface area contributed by atoms with E-state index in [9.17, 15) is 4.79 Å². The van der Waals surface area contributed by atoms with Crippen molar-refractivity contribution in [2.75, 3.05) is 18.4 Å². The fourth-order valence-corrected chi connectivity index (χ4v) is 5.39. The van der Waals surface area contributed by atoms with Crippen LogP contribution in [0.3, 0.4) is 0 Å². The van der Waals surface area contributed by atoms with Crippen LogP contribution in [0.2, 0.25) is 0 Å². The Morgan fingerprint density at radius 3 is 3.22 bits per heavy atom. The Morgan fingerprint density at radius 1 is 1.48 bits per heavy atom. The van der Waals surface area contributed by atoms with Gasteiger partial charge in [-0.25, -0.2) is 4.98 Å². The molecule has 1 saturated heterocycles. The van der Waals surface area contributed by atoms with Crippen LogP contribution in [-0.2, 0) is 11.2 Å². The van der Waals surface area contributed by atoms with Gasteiger partial charge >= 0.3 is 0 Å². The number of thiazole rings is 1. The molecule has 2 N–H and O–H groups in total. The molecule has 5 rings (SSSR count). The third-order valence-electron chi connectivity index (χ3n) is 5.97. The molecule has 5 nitrogen and oxygen atoms in total. The average Bonchev–Trinajstić information content (AvgIpc) is 3.33. The number of nitrogens with zero attached hydrogens (tertiary/aromatic N) is 2. The summed E-state index contributed by atoms with van der Waals surface area (Å²) in [7, 11) is 0. The Balaban J connectivity index is 1.49. The van der Waals surface area contributed by atoms with Gasteiger partial charge in [0.15, 0.2) is 5.13 Å². The van der Waals surface area contributed by atoms with Gasteiger partial charge in [-0.2, -0.15) is 0 Å². The van der Waals surface area contributed by atoms with Crippen LogP contribution < -0.4 is 5.32 Å². The third kappa shape index (κ3) is 2.80. The summed E-state index contributed by atoms with van der Waals surface area (Å²) in [5.74, 6) is 0.382. The standard InChI is InChI=1S/C21H22N4OS/c1-2-7-25-12-14(20(26)24-21-22-6-8-27-21)9-16-15-4-3-5-17-19(15)13(11-23-17)10-18(16)25/h2-6,8,11,14,16,18,23H,1,7,9-10,12H2,(H,22,24,26)/t14-,16-,18-/m1/s1. The van der Waals surface area contributed by atoms with Crippen molar-refractivity contribution in [1.29, 1.82) is 0 Å². The van der Waals surface area contributed by atoms with Gasteiger partial charge in [0.05, 0.1) is 5.92 Å². The van der Waals surface area contributed by atoms with Crippen LogP contribution in [0.15, 0.2) is 48.6 Å². The number of piperidine rings is 1. The molecule has 3 aromatic rings. The molecule has 2 aliphatic rings. The summed E-state index contributed by atoms with van der Waals surface area (Å²) in [5.41, 5.74) is 3.97. The molecule has 1 fully saturated rings. The monoisotopic (exact) mass is 378 g/mol. The summed E-state index contributed by atoms with van der Waals surface area (Å²) < 4.78 is 0. The lowest BCUT2D eigenvalue weighted by Gasteiger charge is -2.46. The van der Waals surface area contributed by atoms with E-state index in [4.69, 9.17) is 0 Å². The molecule has 1 aliphatic heterocycles. The number of anilines is 1. The van der Waals surface area contributed by atoms with E-state index in [0.29, 0.717) is 17.1 Å². The molecule has 0 bridgehead atoms. The molecule has 138 valence electrons. The smallest absolute Gasteiger partial charge is 0.230 e. The van der Waals surface area contributed by atoms with Crippen LogP contribution in [0.5, 0.6) is 0 Å². The number of aromatic amines is 1. The van der Waals surface area contributed by atoms with Gasteiger partial charge in [-0.3, -0.25) is 9.69 Å². The molecule has 27 heavy (non-hydrogen) atoms. The molecular weight excluding hydrogens is 356 g/mol. The Hall–Kier alpha value is -2.44. The Bertz CT molecular complexity index is 993. The van der Waals surface area contributed by atoms with Crippen LogP contribution in [0.4, 0.5) is 5.13 Å². The Morgan fingerprint density at radius 2 is 2.41 bits per heavy atom. The number of likely N-dealkylation sites (tertiary alicyclic amines) is 1. The second-order valence-electron chi connectivity index (χ2n) is 7.46. The number of hydrogen-bond acceptors (Lipinski definition) is 4. The first-order chi connectivity index (χ1) is 13.2. The number of carbonyl (C=O) groups is 1. The molecule has 2 aromatic heterocycles. The number of amides is 1. The predicted molar refractivity (Wildman–Crippen MR) is 109 cm³/mol. The second-order valence-corrected chi connectivity index (χ2v) is 8.36. The van der Waals surface area contributed by atoms with E-state index in [2.05, 4.69) is 51.2 Å². The van der Waals surface area contributed by atoms with E-state index in [1.807, 2.05) is 11.5 Å².